The van der Waals surface area contributed by atoms with Crippen molar-refractivity contribution in [3.63, 3.8) is 0 Å². The zero-order chi connectivity index (χ0) is 11.3. The molecule has 0 unspecified atom stereocenters. The van der Waals surface area contributed by atoms with Crippen molar-refractivity contribution in [2.45, 2.75) is 26.7 Å². The lowest BCUT2D eigenvalue weighted by molar-refractivity contribution is 0.270. The smallest absolute Gasteiger partial charge is 0.336 e. The van der Waals surface area contributed by atoms with E-state index in [-0.39, 0.29) is 5.63 Å². The first-order valence-electron chi connectivity index (χ1n) is 5.07. The molecule has 0 radical (unpaired) electrons. The summed E-state index contributed by atoms with van der Waals surface area (Å²) in [5.41, 5.74) is 0.324. The van der Waals surface area contributed by atoms with Crippen LogP contribution in [0.1, 0.15) is 31.1 Å². The number of hydrogen-bond donors (Lipinski definition) is 0. The SMILES string of the molecule is C=C(OCCCC)c1cc(C)oc(=O)c1. The summed E-state index contributed by atoms with van der Waals surface area (Å²) >= 11 is 0. The Balaban J connectivity index is 2.69. The van der Waals surface area contributed by atoms with Crippen LogP contribution in [-0.2, 0) is 4.74 Å². The largest absolute Gasteiger partial charge is 0.494 e. The second-order valence-electron chi connectivity index (χ2n) is 3.40. The molecular weight excluding hydrogens is 192 g/mol. The molecule has 0 bridgehead atoms. The summed E-state index contributed by atoms with van der Waals surface area (Å²) in [7, 11) is 0. The molecular formula is C12H16O3. The maximum absolute atomic E-state index is 11.1. The predicted octanol–water partition coefficient (Wildman–Crippen LogP) is 2.74. The summed E-state index contributed by atoms with van der Waals surface area (Å²) in [6.07, 6.45) is 2.06. The zero-order valence-corrected chi connectivity index (χ0v) is 9.21. The van der Waals surface area contributed by atoms with Gasteiger partial charge in [-0.2, -0.15) is 0 Å². The van der Waals surface area contributed by atoms with Crippen LogP contribution in [0.2, 0.25) is 0 Å². The monoisotopic (exact) mass is 208 g/mol. The summed E-state index contributed by atoms with van der Waals surface area (Å²) in [6.45, 7) is 8.23. The first kappa shape index (κ1) is 11.6. The van der Waals surface area contributed by atoms with Gasteiger partial charge < -0.3 is 9.15 Å². The van der Waals surface area contributed by atoms with Crippen molar-refractivity contribution in [1.29, 1.82) is 0 Å². The molecule has 0 aromatic carbocycles. The highest BCUT2D eigenvalue weighted by Crippen LogP contribution is 2.13. The van der Waals surface area contributed by atoms with E-state index in [2.05, 4.69) is 13.5 Å². The third-order valence-corrected chi connectivity index (χ3v) is 1.99. The molecule has 1 rings (SSSR count). The van der Waals surface area contributed by atoms with Gasteiger partial charge >= 0.3 is 5.63 Å². The van der Waals surface area contributed by atoms with E-state index >= 15 is 0 Å². The molecule has 3 nitrogen and oxygen atoms in total. The van der Waals surface area contributed by atoms with Gasteiger partial charge in [0.25, 0.3) is 0 Å². The Morgan fingerprint density at radius 2 is 2.27 bits per heavy atom. The van der Waals surface area contributed by atoms with Gasteiger partial charge in [0.15, 0.2) is 0 Å². The van der Waals surface area contributed by atoms with Crippen LogP contribution in [0.5, 0.6) is 0 Å². The summed E-state index contributed by atoms with van der Waals surface area (Å²) in [5, 5.41) is 0. The number of hydrogen-bond acceptors (Lipinski definition) is 3. The second-order valence-corrected chi connectivity index (χ2v) is 3.40. The van der Waals surface area contributed by atoms with E-state index in [1.54, 1.807) is 13.0 Å². The molecule has 0 atom stereocenters. The van der Waals surface area contributed by atoms with Crippen LogP contribution < -0.4 is 5.63 Å². The molecule has 0 aliphatic rings. The fourth-order valence-corrected chi connectivity index (χ4v) is 1.19. The summed E-state index contributed by atoms with van der Waals surface area (Å²) < 4.78 is 10.2. The minimum absolute atomic E-state index is 0.370. The fourth-order valence-electron chi connectivity index (χ4n) is 1.19. The van der Waals surface area contributed by atoms with Gasteiger partial charge in [-0.15, -0.1) is 0 Å². The van der Waals surface area contributed by atoms with Gasteiger partial charge in [0.1, 0.15) is 11.5 Å². The minimum Gasteiger partial charge on any atom is -0.494 e. The van der Waals surface area contributed by atoms with Gasteiger partial charge in [-0.05, 0) is 19.4 Å². The van der Waals surface area contributed by atoms with Crippen molar-refractivity contribution in [1.82, 2.24) is 0 Å². The zero-order valence-electron chi connectivity index (χ0n) is 9.21. The summed E-state index contributed by atoms with van der Waals surface area (Å²) in [5.74, 6) is 1.09. The van der Waals surface area contributed by atoms with Crippen molar-refractivity contribution < 1.29 is 9.15 Å². The van der Waals surface area contributed by atoms with Gasteiger partial charge in [0.05, 0.1) is 6.61 Å². The van der Waals surface area contributed by atoms with E-state index in [0.29, 0.717) is 23.7 Å². The van der Waals surface area contributed by atoms with Gasteiger partial charge in [0, 0.05) is 11.6 Å². The average Bonchev–Trinajstić information content (AvgIpc) is 2.16. The first-order valence-corrected chi connectivity index (χ1v) is 5.07. The van der Waals surface area contributed by atoms with Crippen LogP contribution in [-0.4, -0.2) is 6.61 Å². The quantitative estimate of drug-likeness (QED) is 0.551. The fraction of sp³-hybridized carbons (Fsp3) is 0.417. The van der Waals surface area contributed by atoms with Gasteiger partial charge in [-0.3, -0.25) is 0 Å². The maximum atomic E-state index is 11.1. The van der Waals surface area contributed by atoms with E-state index in [1.807, 2.05) is 0 Å². The molecule has 15 heavy (non-hydrogen) atoms. The molecule has 0 saturated carbocycles. The second kappa shape index (κ2) is 5.39. The lowest BCUT2D eigenvalue weighted by atomic mass is 10.2. The van der Waals surface area contributed by atoms with Crippen molar-refractivity contribution in [2.75, 3.05) is 6.61 Å². The third kappa shape index (κ3) is 3.62. The Morgan fingerprint density at radius 1 is 1.53 bits per heavy atom. The third-order valence-electron chi connectivity index (χ3n) is 1.99. The molecule has 0 N–H and O–H groups in total. The van der Waals surface area contributed by atoms with Gasteiger partial charge in [-0.1, -0.05) is 19.9 Å². The number of unbranched alkanes of at least 4 members (excludes halogenated alkanes) is 1. The van der Waals surface area contributed by atoms with Gasteiger partial charge in [-0.25, -0.2) is 4.79 Å². The highest BCUT2D eigenvalue weighted by atomic mass is 16.5. The Labute approximate surface area is 89.4 Å². The Kier molecular flexibility index (Phi) is 4.16. The number of rotatable bonds is 5. The average molecular weight is 208 g/mol. The molecule has 0 spiro atoms. The highest BCUT2D eigenvalue weighted by Gasteiger charge is 2.03. The Morgan fingerprint density at radius 3 is 2.87 bits per heavy atom. The van der Waals surface area contributed by atoms with Crippen LogP contribution in [0, 0.1) is 6.92 Å². The Hall–Kier alpha value is -1.51. The Bertz CT molecular complexity index is 390. The van der Waals surface area contributed by atoms with E-state index < -0.39 is 0 Å². The first-order chi connectivity index (χ1) is 7.13. The predicted molar refractivity (Wildman–Crippen MR) is 59.6 cm³/mol. The highest BCUT2D eigenvalue weighted by molar-refractivity contribution is 5.56. The normalized spacial score (nSPS) is 10.0. The van der Waals surface area contributed by atoms with Crippen LogP contribution in [0.3, 0.4) is 0 Å². The van der Waals surface area contributed by atoms with Crippen LogP contribution in [0.25, 0.3) is 5.76 Å². The van der Waals surface area contributed by atoms with Gasteiger partial charge in [0.2, 0.25) is 0 Å². The number of ether oxygens (including phenoxy) is 1. The molecule has 0 fully saturated rings. The van der Waals surface area contributed by atoms with E-state index in [4.69, 9.17) is 9.15 Å². The lowest BCUT2D eigenvalue weighted by Gasteiger charge is -2.08. The van der Waals surface area contributed by atoms with Crippen LogP contribution in [0.15, 0.2) is 27.9 Å². The van der Waals surface area contributed by atoms with Crippen molar-refractivity contribution >= 4 is 5.76 Å². The maximum Gasteiger partial charge on any atom is 0.336 e. The minimum atomic E-state index is -0.370. The molecule has 1 aromatic heterocycles. The standard InChI is InChI=1S/C12H16O3/c1-4-5-6-14-10(3)11-7-9(2)15-12(13)8-11/h7-8H,3-6H2,1-2H3. The molecule has 82 valence electrons. The van der Waals surface area contributed by atoms with Crippen LogP contribution in [0.4, 0.5) is 0 Å². The summed E-state index contributed by atoms with van der Waals surface area (Å²) in [4.78, 5) is 11.1. The van der Waals surface area contributed by atoms with Crippen molar-refractivity contribution in [2.24, 2.45) is 0 Å². The lowest BCUT2D eigenvalue weighted by Crippen LogP contribution is -2.02. The molecule has 0 amide bonds. The topological polar surface area (TPSA) is 39.4 Å². The number of aryl methyl sites for hydroxylation is 1. The molecule has 0 aliphatic heterocycles. The molecule has 1 heterocycles. The van der Waals surface area contributed by atoms with E-state index in [0.717, 1.165) is 12.8 Å². The van der Waals surface area contributed by atoms with Crippen LogP contribution >= 0.6 is 0 Å². The van der Waals surface area contributed by atoms with E-state index in [9.17, 15) is 4.79 Å². The van der Waals surface area contributed by atoms with Crippen molar-refractivity contribution in [3.8, 4) is 0 Å². The molecule has 0 saturated heterocycles. The molecule has 0 aliphatic carbocycles. The van der Waals surface area contributed by atoms with E-state index in [1.165, 1.54) is 6.07 Å². The molecule has 1 aromatic rings. The molecule has 3 heteroatoms. The summed E-state index contributed by atoms with van der Waals surface area (Å²) in [6, 6.07) is 3.14. The van der Waals surface area contributed by atoms with Crippen molar-refractivity contribution in [3.05, 3.63) is 40.5 Å².